The second-order valence-corrected chi connectivity index (χ2v) is 4.54. The van der Waals surface area contributed by atoms with Crippen molar-refractivity contribution in [2.24, 2.45) is 0 Å². The van der Waals surface area contributed by atoms with Crippen molar-refractivity contribution in [1.29, 1.82) is 0 Å². The summed E-state index contributed by atoms with van der Waals surface area (Å²) in [4.78, 5) is 7.80. The predicted octanol–water partition coefficient (Wildman–Crippen LogP) is 2.08. The lowest BCUT2D eigenvalue weighted by Crippen LogP contribution is -2.16. The highest BCUT2D eigenvalue weighted by atomic mass is 35.5. The molecule has 5 nitrogen and oxygen atoms in total. The smallest absolute Gasteiger partial charge is 0.222 e. The fourth-order valence-corrected chi connectivity index (χ4v) is 2.11. The molecule has 94 valence electrons. The van der Waals surface area contributed by atoms with E-state index in [0.717, 1.165) is 0 Å². The third kappa shape index (κ3) is 3.71. The minimum Gasteiger partial charge on any atom is -0.376 e. The van der Waals surface area contributed by atoms with E-state index >= 15 is 0 Å². The Balaban J connectivity index is 1.72. The highest BCUT2D eigenvalue weighted by Gasteiger charge is 2.14. The minimum atomic E-state index is 0.216. The third-order valence-corrected chi connectivity index (χ3v) is 3.09. The number of ether oxygens (including phenoxy) is 1. The highest BCUT2D eigenvalue weighted by Crippen LogP contribution is 2.21. The molecular weight excluding hydrogens is 240 g/mol. The van der Waals surface area contributed by atoms with Crippen LogP contribution in [0.4, 0.5) is 11.8 Å². The molecule has 1 aliphatic carbocycles. The zero-order valence-corrected chi connectivity index (χ0v) is 10.4. The van der Waals surface area contributed by atoms with Gasteiger partial charge in [0.05, 0.1) is 18.9 Å². The molecule has 2 rings (SSSR count). The second kappa shape index (κ2) is 6.02. The Labute approximate surface area is 106 Å². The standard InChI is InChI=1S/C11H17ClN4O/c12-9-7-15-11(13)16-10(9)14-5-6-17-8-3-1-2-4-8/h7-8H,1-6H2,(H3,13,14,15,16). The van der Waals surface area contributed by atoms with Crippen molar-refractivity contribution in [1.82, 2.24) is 9.97 Å². The number of rotatable bonds is 5. The van der Waals surface area contributed by atoms with E-state index in [0.29, 0.717) is 30.1 Å². The van der Waals surface area contributed by atoms with Gasteiger partial charge in [0, 0.05) is 6.54 Å². The van der Waals surface area contributed by atoms with Gasteiger partial charge in [-0.1, -0.05) is 24.4 Å². The number of nitrogens with one attached hydrogen (secondary N) is 1. The van der Waals surface area contributed by atoms with E-state index in [4.69, 9.17) is 22.1 Å². The number of anilines is 2. The van der Waals surface area contributed by atoms with Gasteiger partial charge in [0.1, 0.15) is 5.02 Å². The zero-order valence-electron chi connectivity index (χ0n) is 9.66. The lowest BCUT2D eigenvalue weighted by molar-refractivity contribution is 0.0659. The van der Waals surface area contributed by atoms with Gasteiger partial charge in [-0.25, -0.2) is 4.98 Å². The van der Waals surface area contributed by atoms with Crippen LogP contribution >= 0.6 is 11.6 Å². The first-order valence-electron chi connectivity index (χ1n) is 5.89. The molecule has 1 saturated carbocycles. The normalized spacial score (nSPS) is 16.3. The van der Waals surface area contributed by atoms with E-state index in [1.807, 2.05) is 0 Å². The van der Waals surface area contributed by atoms with Gasteiger partial charge in [0.25, 0.3) is 0 Å². The number of nitrogens with zero attached hydrogens (tertiary/aromatic N) is 2. The molecule has 0 radical (unpaired) electrons. The summed E-state index contributed by atoms with van der Waals surface area (Å²) in [5, 5.41) is 3.56. The third-order valence-electron chi connectivity index (χ3n) is 2.81. The van der Waals surface area contributed by atoms with Crippen LogP contribution in [0, 0.1) is 0 Å². The van der Waals surface area contributed by atoms with Crippen molar-refractivity contribution in [3.63, 3.8) is 0 Å². The quantitative estimate of drug-likeness (QED) is 0.789. The van der Waals surface area contributed by atoms with Crippen LogP contribution in [0.3, 0.4) is 0 Å². The summed E-state index contributed by atoms with van der Waals surface area (Å²) in [6.45, 7) is 1.33. The van der Waals surface area contributed by atoms with Crippen molar-refractivity contribution in [3.05, 3.63) is 11.2 Å². The van der Waals surface area contributed by atoms with Crippen molar-refractivity contribution in [2.45, 2.75) is 31.8 Å². The van der Waals surface area contributed by atoms with Gasteiger partial charge in [-0.3, -0.25) is 0 Å². The van der Waals surface area contributed by atoms with Crippen molar-refractivity contribution in [3.8, 4) is 0 Å². The van der Waals surface area contributed by atoms with Gasteiger partial charge in [0.15, 0.2) is 5.82 Å². The molecule has 17 heavy (non-hydrogen) atoms. The van der Waals surface area contributed by atoms with Gasteiger partial charge in [-0.15, -0.1) is 0 Å². The number of hydrogen-bond acceptors (Lipinski definition) is 5. The summed E-state index contributed by atoms with van der Waals surface area (Å²) >= 11 is 5.92. The van der Waals surface area contributed by atoms with Crippen LogP contribution in [0.2, 0.25) is 5.02 Å². The van der Waals surface area contributed by atoms with Crippen molar-refractivity contribution >= 4 is 23.4 Å². The highest BCUT2D eigenvalue weighted by molar-refractivity contribution is 6.32. The Hall–Kier alpha value is -1.07. The maximum atomic E-state index is 5.92. The van der Waals surface area contributed by atoms with E-state index < -0.39 is 0 Å². The maximum absolute atomic E-state index is 5.92. The Kier molecular flexibility index (Phi) is 4.39. The van der Waals surface area contributed by atoms with Gasteiger partial charge in [-0.2, -0.15) is 4.98 Å². The van der Waals surface area contributed by atoms with Crippen LogP contribution in [-0.4, -0.2) is 29.2 Å². The largest absolute Gasteiger partial charge is 0.376 e. The summed E-state index contributed by atoms with van der Waals surface area (Å²) < 4.78 is 5.71. The van der Waals surface area contributed by atoms with E-state index in [-0.39, 0.29) is 5.95 Å². The molecule has 1 heterocycles. The first kappa shape index (κ1) is 12.4. The average molecular weight is 257 g/mol. The molecule has 0 atom stereocenters. The summed E-state index contributed by atoms with van der Waals surface area (Å²) in [5.41, 5.74) is 5.48. The van der Waals surface area contributed by atoms with Crippen LogP contribution in [0.15, 0.2) is 6.20 Å². The van der Waals surface area contributed by atoms with Crippen LogP contribution in [0.5, 0.6) is 0 Å². The molecule has 0 bridgehead atoms. The second-order valence-electron chi connectivity index (χ2n) is 4.13. The van der Waals surface area contributed by atoms with Gasteiger partial charge in [0.2, 0.25) is 5.95 Å². The average Bonchev–Trinajstić information content (AvgIpc) is 2.82. The van der Waals surface area contributed by atoms with E-state index in [1.54, 1.807) is 0 Å². The molecule has 0 amide bonds. The van der Waals surface area contributed by atoms with Gasteiger partial charge < -0.3 is 15.8 Å². The molecule has 6 heteroatoms. The van der Waals surface area contributed by atoms with Crippen molar-refractivity contribution in [2.75, 3.05) is 24.2 Å². The summed E-state index contributed by atoms with van der Waals surface area (Å²) in [6, 6.07) is 0. The molecule has 3 N–H and O–H groups in total. The fourth-order valence-electron chi connectivity index (χ4n) is 1.95. The Bertz CT molecular complexity index is 368. The lowest BCUT2D eigenvalue weighted by Gasteiger charge is -2.12. The molecule has 1 aromatic rings. The topological polar surface area (TPSA) is 73.1 Å². The molecular formula is C11H17ClN4O. The number of halogens is 1. The summed E-state index contributed by atoms with van der Waals surface area (Å²) in [6.07, 6.45) is 6.85. The summed E-state index contributed by atoms with van der Waals surface area (Å²) in [5.74, 6) is 0.780. The molecule has 1 aromatic heterocycles. The number of aromatic nitrogens is 2. The molecule has 0 aromatic carbocycles. The maximum Gasteiger partial charge on any atom is 0.222 e. The molecule has 1 aliphatic rings. The SMILES string of the molecule is Nc1ncc(Cl)c(NCCOC2CCCC2)n1. The van der Waals surface area contributed by atoms with E-state index in [2.05, 4.69) is 15.3 Å². The molecule has 0 saturated heterocycles. The fraction of sp³-hybridized carbons (Fsp3) is 0.636. The molecule has 0 aliphatic heterocycles. The monoisotopic (exact) mass is 256 g/mol. The lowest BCUT2D eigenvalue weighted by atomic mass is 10.3. The van der Waals surface area contributed by atoms with Crippen LogP contribution < -0.4 is 11.1 Å². The minimum absolute atomic E-state index is 0.216. The van der Waals surface area contributed by atoms with Gasteiger partial charge >= 0.3 is 0 Å². The first-order chi connectivity index (χ1) is 8.25. The number of nitrogens with two attached hydrogens (primary N) is 1. The summed E-state index contributed by atoms with van der Waals surface area (Å²) in [7, 11) is 0. The first-order valence-corrected chi connectivity index (χ1v) is 6.27. The van der Waals surface area contributed by atoms with Crippen LogP contribution in [-0.2, 0) is 4.74 Å². The Morgan fingerprint density at radius 2 is 2.24 bits per heavy atom. The Morgan fingerprint density at radius 1 is 1.47 bits per heavy atom. The van der Waals surface area contributed by atoms with Crippen LogP contribution in [0.1, 0.15) is 25.7 Å². The van der Waals surface area contributed by atoms with Crippen molar-refractivity contribution < 1.29 is 4.74 Å². The number of nitrogen functional groups attached to an aromatic ring is 1. The van der Waals surface area contributed by atoms with E-state index in [9.17, 15) is 0 Å². The van der Waals surface area contributed by atoms with E-state index in [1.165, 1.54) is 31.9 Å². The Morgan fingerprint density at radius 3 is 3.00 bits per heavy atom. The number of hydrogen-bond donors (Lipinski definition) is 2. The zero-order chi connectivity index (χ0) is 12.1. The predicted molar refractivity (Wildman–Crippen MR) is 68.2 cm³/mol. The van der Waals surface area contributed by atoms with Crippen LogP contribution in [0.25, 0.3) is 0 Å². The molecule has 1 fully saturated rings. The molecule has 0 spiro atoms. The molecule has 0 unspecified atom stereocenters. The van der Waals surface area contributed by atoms with Gasteiger partial charge in [-0.05, 0) is 12.8 Å².